The molecule has 0 unspecified atom stereocenters. The Bertz CT molecular complexity index is 1490. The molecule has 38 heavy (non-hydrogen) atoms. The lowest BCUT2D eigenvalue weighted by molar-refractivity contribution is 0.0519. The number of esters is 1. The van der Waals surface area contributed by atoms with Crippen LogP contribution >= 0.6 is 0 Å². The Kier molecular flexibility index (Phi) is 7.25. The van der Waals surface area contributed by atoms with Crippen molar-refractivity contribution in [3.63, 3.8) is 0 Å². The van der Waals surface area contributed by atoms with Crippen LogP contribution in [0.25, 0.3) is 33.6 Å². The molecule has 1 aliphatic rings. The summed E-state index contributed by atoms with van der Waals surface area (Å²) in [7, 11) is -1.22. The number of rotatable bonds is 7. The molecule has 0 spiro atoms. The van der Waals surface area contributed by atoms with Gasteiger partial charge in [0.2, 0.25) is 0 Å². The first-order valence-electron chi connectivity index (χ1n) is 13.2. The second-order valence-corrected chi connectivity index (χ2v) is 12.8. The Morgan fingerprint density at radius 1 is 1.08 bits per heavy atom. The largest absolute Gasteiger partial charge is 0.461 e. The van der Waals surface area contributed by atoms with Crippen LogP contribution in [0, 0.1) is 0 Å². The number of fused-ring (bicyclic) bond motifs is 2. The standard InChI is InChI=1S/C31H34N2O4S/c1-6-11-25-28-23(19-33(25)38(35)31(3,4)5)17-24(30(34)36-7-2)32-29(28)22-14-10-13-20(16-22)27-18-21-12-8-9-15-26(21)37-27/h8-10,12-18,25H,6-7,11,19H2,1-5H3/t25-,38-/m1/s1. The fraction of sp³-hybridized carbons (Fsp3) is 0.355. The van der Waals surface area contributed by atoms with Gasteiger partial charge < -0.3 is 9.15 Å². The quantitative estimate of drug-likeness (QED) is 0.232. The molecule has 1 aliphatic heterocycles. The second kappa shape index (κ2) is 10.5. The lowest BCUT2D eigenvalue weighted by Gasteiger charge is -2.30. The maximum Gasteiger partial charge on any atom is 0.356 e. The number of carbonyl (C=O) groups is 1. The fourth-order valence-corrected chi connectivity index (χ4v) is 6.50. The summed E-state index contributed by atoms with van der Waals surface area (Å²) in [6, 6.07) is 19.8. The molecule has 198 valence electrons. The maximum absolute atomic E-state index is 13.6. The topological polar surface area (TPSA) is 72.6 Å². The smallest absolute Gasteiger partial charge is 0.356 e. The van der Waals surface area contributed by atoms with Crippen LogP contribution in [0.1, 0.15) is 75.1 Å². The number of pyridine rings is 1. The molecule has 3 heterocycles. The molecular formula is C31H34N2O4S. The normalized spacial score (nSPS) is 16.5. The van der Waals surface area contributed by atoms with Gasteiger partial charge in [0, 0.05) is 28.6 Å². The van der Waals surface area contributed by atoms with Crippen molar-refractivity contribution >= 4 is 27.9 Å². The number of aromatic nitrogens is 1. The Hall–Kier alpha value is -3.29. The van der Waals surface area contributed by atoms with Gasteiger partial charge in [-0.1, -0.05) is 49.7 Å². The molecule has 2 aromatic heterocycles. The molecule has 0 aliphatic carbocycles. The van der Waals surface area contributed by atoms with E-state index in [-0.39, 0.29) is 18.3 Å². The van der Waals surface area contributed by atoms with Crippen molar-refractivity contribution in [1.29, 1.82) is 0 Å². The van der Waals surface area contributed by atoms with Gasteiger partial charge in [0.1, 0.15) is 28.0 Å². The highest BCUT2D eigenvalue weighted by molar-refractivity contribution is 7.84. The minimum absolute atomic E-state index is 0.0661. The molecule has 0 saturated carbocycles. The van der Waals surface area contributed by atoms with E-state index >= 15 is 0 Å². The highest BCUT2D eigenvalue weighted by Crippen LogP contribution is 2.45. The third-order valence-electron chi connectivity index (χ3n) is 6.78. The summed E-state index contributed by atoms with van der Waals surface area (Å²) in [5, 5.41) is 1.04. The number of para-hydroxylation sites is 1. The lowest BCUT2D eigenvalue weighted by atomic mass is 9.94. The predicted octanol–water partition coefficient (Wildman–Crippen LogP) is 7.46. The van der Waals surface area contributed by atoms with Crippen LogP contribution in [0.15, 0.2) is 65.1 Å². The Morgan fingerprint density at radius 3 is 2.55 bits per heavy atom. The molecule has 4 aromatic rings. The first kappa shape index (κ1) is 26.3. The van der Waals surface area contributed by atoms with E-state index in [0.717, 1.165) is 57.5 Å². The number of nitrogens with zero attached hydrogens (tertiary/aromatic N) is 2. The van der Waals surface area contributed by atoms with E-state index in [1.165, 1.54) is 0 Å². The van der Waals surface area contributed by atoms with Crippen LogP contribution in [0.4, 0.5) is 0 Å². The van der Waals surface area contributed by atoms with Crippen LogP contribution in [-0.4, -0.2) is 30.8 Å². The Labute approximate surface area is 226 Å². The predicted molar refractivity (Wildman–Crippen MR) is 152 cm³/mol. The SMILES string of the molecule is CCC[C@@H]1c2c(cc(C(=O)OCC)nc2-c2cccc(-c3cc4ccccc4o3)c2)CN1[S@](=O)C(C)(C)C. The summed E-state index contributed by atoms with van der Waals surface area (Å²) in [4.78, 5) is 17.7. The van der Waals surface area contributed by atoms with Crippen LogP contribution < -0.4 is 0 Å². The number of hydrogen-bond donors (Lipinski definition) is 0. The summed E-state index contributed by atoms with van der Waals surface area (Å²) in [6.07, 6.45) is 1.77. The van der Waals surface area contributed by atoms with Gasteiger partial charge in [-0.25, -0.2) is 18.3 Å². The van der Waals surface area contributed by atoms with Gasteiger partial charge in [0.05, 0.1) is 23.1 Å². The minimum Gasteiger partial charge on any atom is -0.461 e. The Morgan fingerprint density at radius 2 is 1.84 bits per heavy atom. The van der Waals surface area contributed by atoms with Crippen LogP contribution in [0.2, 0.25) is 0 Å². The summed E-state index contributed by atoms with van der Waals surface area (Å²) in [5.41, 5.74) is 5.66. The van der Waals surface area contributed by atoms with Crippen molar-refractivity contribution in [3.05, 3.63) is 77.5 Å². The molecule has 5 rings (SSSR count). The van der Waals surface area contributed by atoms with E-state index in [0.29, 0.717) is 6.54 Å². The van der Waals surface area contributed by atoms with E-state index in [1.807, 2.05) is 75.4 Å². The van der Waals surface area contributed by atoms with Crippen LogP contribution in [0.3, 0.4) is 0 Å². The molecule has 6 nitrogen and oxygen atoms in total. The first-order valence-corrected chi connectivity index (χ1v) is 14.3. The van der Waals surface area contributed by atoms with Gasteiger partial charge in [0.15, 0.2) is 0 Å². The van der Waals surface area contributed by atoms with Gasteiger partial charge in [0.25, 0.3) is 0 Å². The zero-order valence-corrected chi connectivity index (χ0v) is 23.4. The van der Waals surface area contributed by atoms with E-state index in [2.05, 4.69) is 17.3 Å². The number of furan rings is 1. The molecule has 0 radical (unpaired) electrons. The summed E-state index contributed by atoms with van der Waals surface area (Å²) < 4.78 is 26.7. The van der Waals surface area contributed by atoms with Gasteiger partial charge >= 0.3 is 5.97 Å². The molecular weight excluding hydrogens is 496 g/mol. The average Bonchev–Trinajstić information content (AvgIpc) is 3.49. The molecule has 2 aromatic carbocycles. The monoisotopic (exact) mass is 530 g/mol. The van der Waals surface area contributed by atoms with E-state index in [1.54, 1.807) is 6.92 Å². The van der Waals surface area contributed by atoms with Gasteiger partial charge in [-0.05, 0) is 63.9 Å². The van der Waals surface area contributed by atoms with Crippen LogP contribution in [-0.2, 0) is 22.3 Å². The zero-order valence-electron chi connectivity index (χ0n) is 22.6. The van der Waals surface area contributed by atoms with Crippen molar-refractivity contribution < 1.29 is 18.2 Å². The van der Waals surface area contributed by atoms with Gasteiger partial charge in [-0.15, -0.1) is 0 Å². The fourth-order valence-electron chi connectivity index (χ4n) is 5.09. The van der Waals surface area contributed by atoms with Crippen molar-refractivity contribution in [3.8, 4) is 22.6 Å². The highest BCUT2D eigenvalue weighted by Gasteiger charge is 2.40. The molecule has 0 bridgehead atoms. The van der Waals surface area contributed by atoms with Crippen molar-refractivity contribution in [2.45, 2.75) is 64.8 Å². The minimum atomic E-state index is -1.22. The van der Waals surface area contributed by atoms with Crippen molar-refractivity contribution in [1.82, 2.24) is 9.29 Å². The number of benzene rings is 2. The zero-order chi connectivity index (χ0) is 27.0. The molecule has 7 heteroatoms. The van der Waals surface area contributed by atoms with E-state index < -0.39 is 21.7 Å². The second-order valence-electron chi connectivity index (χ2n) is 10.6. The van der Waals surface area contributed by atoms with E-state index in [9.17, 15) is 9.00 Å². The van der Waals surface area contributed by atoms with Crippen molar-refractivity contribution in [2.75, 3.05) is 6.61 Å². The molecule has 2 atom stereocenters. The molecule has 0 saturated heterocycles. The molecule has 0 amide bonds. The lowest BCUT2D eigenvalue weighted by Crippen LogP contribution is -2.36. The van der Waals surface area contributed by atoms with Gasteiger partial charge in [-0.2, -0.15) is 0 Å². The summed E-state index contributed by atoms with van der Waals surface area (Å²) >= 11 is 0. The number of carbonyl (C=O) groups excluding carboxylic acids is 1. The third kappa shape index (κ3) is 4.93. The molecule has 0 fully saturated rings. The van der Waals surface area contributed by atoms with E-state index in [4.69, 9.17) is 14.1 Å². The number of hydrogen-bond acceptors (Lipinski definition) is 5. The van der Waals surface area contributed by atoms with Gasteiger partial charge in [-0.3, -0.25) is 0 Å². The Balaban J connectivity index is 1.67. The average molecular weight is 531 g/mol. The molecule has 0 N–H and O–H groups in total. The maximum atomic E-state index is 13.6. The summed E-state index contributed by atoms with van der Waals surface area (Å²) in [5.74, 6) is 0.319. The number of ether oxygens (including phenoxy) is 1. The summed E-state index contributed by atoms with van der Waals surface area (Å²) in [6.45, 7) is 10.7. The van der Waals surface area contributed by atoms with Crippen molar-refractivity contribution in [2.24, 2.45) is 0 Å². The third-order valence-corrected chi connectivity index (χ3v) is 8.64. The van der Waals surface area contributed by atoms with Crippen LogP contribution in [0.5, 0.6) is 0 Å². The first-order chi connectivity index (χ1) is 18.2. The highest BCUT2D eigenvalue weighted by atomic mass is 32.2.